The van der Waals surface area contributed by atoms with E-state index in [1.54, 1.807) is 21.8 Å². The van der Waals surface area contributed by atoms with Gasteiger partial charge in [0.05, 0.1) is 6.04 Å². The molecule has 1 saturated heterocycles. The van der Waals surface area contributed by atoms with Gasteiger partial charge in [-0.15, -0.1) is 0 Å². The number of carbonyl (C=O) groups excluding carboxylic acids is 1. The summed E-state index contributed by atoms with van der Waals surface area (Å²) >= 11 is 0. The Kier molecular flexibility index (Phi) is 4.03. The van der Waals surface area contributed by atoms with Crippen molar-refractivity contribution in [1.82, 2.24) is 19.7 Å². The van der Waals surface area contributed by atoms with Crippen LogP contribution in [-0.4, -0.2) is 43.2 Å². The molecule has 1 amide bonds. The number of hydrogen-bond donors (Lipinski definition) is 1. The van der Waals surface area contributed by atoms with Crippen LogP contribution >= 0.6 is 0 Å². The Morgan fingerprint density at radius 3 is 2.88 bits per heavy atom. The Hall–Kier alpha value is -2.64. The van der Waals surface area contributed by atoms with Crippen molar-refractivity contribution in [2.45, 2.75) is 44.7 Å². The molecule has 1 aliphatic carbocycles. The van der Waals surface area contributed by atoms with E-state index in [0.717, 1.165) is 25.8 Å². The average Bonchev–Trinajstić information content (AvgIpc) is 3.11. The summed E-state index contributed by atoms with van der Waals surface area (Å²) in [6.45, 7) is 1.33. The number of rotatable bonds is 5. The molecule has 1 unspecified atom stereocenters. The van der Waals surface area contributed by atoms with Gasteiger partial charge < -0.3 is 14.4 Å². The highest BCUT2D eigenvalue weighted by atomic mass is 16.4. The van der Waals surface area contributed by atoms with Crippen molar-refractivity contribution >= 4 is 11.9 Å². The molecule has 8 nitrogen and oxygen atoms in total. The van der Waals surface area contributed by atoms with Crippen LogP contribution in [-0.2, 0) is 6.54 Å². The van der Waals surface area contributed by atoms with Gasteiger partial charge in [0.15, 0.2) is 17.8 Å². The minimum Gasteiger partial charge on any atom is -0.476 e. The summed E-state index contributed by atoms with van der Waals surface area (Å²) in [6, 6.07) is 1.33. The van der Waals surface area contributed by atoms with E-state index in [9.17, 15) is 14.7 Å². The molecule has 132 valence electrons. The van der Waals surface area contributed by atoms with E-state index < -0.39 is 12.0 Å². The topological polar surface area (TPSA) is 101 Å². The van der Waals surface area contributed by atoms with Gasteiger partial charge in [0.25, 0.3) is 5.91 Å². The first-order valence-corrected chi connectivity index (χ1v) is 8.64. The van der Waals surface area contributed by atoms with E-state index in [1.165, 1.54) is 12.8 Å². The van der Waals surface area contributed by atoms with Crippen molar-refractivity contribution in [1.29, 1.82) is 0 Å². The lowest BCUT2D eigenvalue weighted by Crippen LogP contribution is -2.40. The SMILES string of the molecule is O=C(O)c1ncoc1C1CCCCN1C(=O)c1ccnn1CC1CC1. The zero-order valence-electron chi connectivity index (χ0n) is 13.8. The van der Waals surface area contributed by atoms with Crippen LogP contribution in [0.15, 0.2) is 23.1 Å². The monoisotopic (exact) mass is 344 g/mol. The Balaban J connectivity index is 1.62. The Bertz CT molecular complexity index is 792. The van der Waals surface area contributed by atoms with Crippen molar-refractivity contribution in [3.05, 3.63) is 35.8 Å². The van der Waals surface area contributed by atoms with Gasteiger partial charge >= 0.3 is 5.97 Å². The highest BCUT2D eigenvalue weighted by molar-refractivity contribution is 5.93. The number of piperidine rings is 1. The van der Waals surface area contributed by atoms with Crippen molar-refractivity contribution in [3.63, 3.8) is 0 Å². The largest absolute Gasteiger partial charge is 0.476 e. The molecule has 2 fully saturated rings. The van der Waals surface area contributed by atoms with Crippen LogP contribution in [0.5, 0.6) is 0 Å². The molecule has 2 aromatic heterocycles. The third-order valence-electron chi connectivity index (χ3n) is 4.93. The number of likely N-dealkylation sites (tertiary alicyclic amines) is 1. The number of hydrogen-bond acceptors (Lipinski definition) is 5. The van der Waals surface area contributed by atoms with Crippen molar-refractivity contribution in [2.24, 2.45) is 5.92 Å². The van der Waals surface area contributed by atoms with Gasteiger partial charge in [0, 0.05) is 19.3 Å². The molecule has 3 heterocycles. The highest BCUT2D eigenvalue weighted by Gasteiger charge is 2.36. The number of aromatic nitrogens is 3. The van der Waals surface area contributed by atoms with E-state index in [1.807, 2.05) is 0 Å². The Labute approximate surface area is 144 Å². The second kappa shape index (κ2) is 6.34. The van der Waals surface area contributed by atoms with Gasteiger partial charge in [-0.25, -0.2) is 9.78 Å². The van der Waals surface area contributed by atoms with E-state index >= 15 is 0 Å². The fourth-order valence-electron chi connectivity index (χ4n) is 3.45. The minimum atomic E-state index is -1.14. The van der Waals surface area contributed by atoms with Gasteiger partial charge in [-0.05, 0) is 44.1 Å². The Morgan fingerprint density at radius 2 is 2.12 bits per heavy atom. The predicted octanol–water partition coefficient (Wildman–Crippen LogP) is 2.35. The van der Waals surface area contributed by atoms with Gasteiger partial charge in [-0.1, -0.05) is 0 Å². The van der Waals surface area contributed by atoms with Gasteiger partial charge in [0.1, 0.15) is 5.69 Å². The number of aromatic carboxylic acids is 1. The van der Waals surface area contributed by atoms with E-state index in [2.05, 4.69) is 10.1 Å². The first-order valence-electron chi connectivity index (χ1n) is 8.64. The molecule has 0 spiro atoms. The molecule has 2 aromatic rings. The number of oxazole rings is 1. The standard InChI is InChI=1S/C17H20N4O4/c22-16(13-6-7-19-21(13)9-11-4-5-11)20-8-2-1-3-12(20)15-14(17(23)24)18-10-25-15/h6-7,10-12H,1-5,8-9H2,(H,23,24). The first kappa shape index (κ1) is 15.9. The summed E-state index contributed by atoms with van der Waals surface area (Å²) in [5.74, 6) is -0.401. The lowest BCUT2D eigenvalue weighted by atomic mass is 9.98. The van der Waals surface area contributed by atoms with Crippen LogP contribution < -0.4 is 0 Å². The molecule has 0 aromatic carbocycles. The van der Waals surface area contributed by atoms with Crippen LogP contribution in [0.1, 0.15) is 64.9 Å². The molecule has 0 radical (unpaired) electrons. The van der Waals surface area contributed by atoms with E-state index in [4.69, 9.17) is 4.42 Å². The third-order valence-corrected chi connectivity index (χ3v) is 4.93. The molecular weight excluding hydrogens is 324 g/mol. The molecule has 8 heteroatoms. The molecule has 1 aliphatic heterocycles. The van der Waals surface area contributed by atoms with Crippen LogP contribution in [0.2, 0.25) is 0 Å². The molecular formula is C17H20N4O4. The predicted molar refractivity (Wildman–Crippen MR) is 86.0 cm³/mol. The summed E-state index contributed by atoms with van der Waals surface area (Å²) in [6.07, 6.45) is 7.60. The fraction of sp³-hybridized carbons (Fsp3) is 0.529. The normalized spacial score (nSPS) is 20.6. The Morgan fingerprint density at radius 1 is 1.28 bits per heavy atom. The minimum absolute atomic E-state index is 0.115. The van der Waals surface area contributed by atoms with Crippen LogP contribution in [0.3, 0.4) is 0 Å². The lowest BCUT2D eigenvalue weighted by Gasteiger charge is -2.34. The third kappa shape index (κ3) is 3.04. The molecule has 2 aliphatic rings. The van der Waals surface area contributed by atoms with E-state index in [0.29, 0.717) is 24.6 Å². The number of carboxylic acid groups (broad SMARTS) is 1. The zero-order chi connectivity index (χ0) is 17.4. The number of carbonyl (C=O) groups is 2. The van der Waals surface area contributed by atoms with Crippen LogP contribution in [0, 0.1) is 5.92 Å². The number of carboxylic acids is 1. The molecule has 4 rings (SSSR count). The smallest absolute Gasteiger partial charge is 0.358 e. The highest BCUT2D eigenvalue weighted by Crippen LogP contribution is 2.34. The summed E-state index contributed by atoms with van der Waals surface area (Å²) < 4.78 is 7.13. The van der Waals surface area contributed by atoms with Crippen LogP contribution in [0.4, 0.5) is 0 Å². The maximum absolute atomic E-state index is 13.1. The van der Waals surface area contributed by atoms with Crippen molar-refractivity contribution < 1.29 is 19.1 Å². The molecule has 0 bridgehead atoms. The molecule has 1 atom stereocenters. The van der Waals surface area contributed by atoms with Crippen molar-refractivity contribution in [3.8, 4) is 0 Å². The van der Waals surface area contributed by atoms with Gasteiger partial charge in [-0.2, -0.15) is 5.10 Å². The van der Waals surface area contributed by atoms with Crippen LogP contribution in [0.25, 0.3) is 0 Å². The second-order valence-electron chi connectivity index (χ2n) is 6.72. The van der Waals surface area contributed by atoms with Gasteiger partial charge in [-0.3, -0.25) is 9.48 Å². The van der Waals surface area contributed by atoms with Crippen molar-refractivity contribution in [2.75, 3.05) is 6.54 Å². The lowest BCUT2D eigenvalue weighted by molar-refractivity contribution is 0.0550. The summed E-state index contributed by atoms with van der Waals surface area (Å²) in [4.78, 5) is 30.0. The molecule has 1 N–H and O–H groups in total. The fourth-order valence-corrected chi connectivity index (χ4v) is 3.45. The maximum atomic E-state index is 13.1. The van der Waals surface area contributed by atoms with E-state index in [-0.39, 0.29) is 17.4 Å². The number of amides is 1. The quantitative estimate of drug-likeness (QED) is 0.893. The zero-order valence-corrected chi connectivity index (χ0v) is 13.8. The molecule has 1 saturated carbocycles. The summed E-state index contributed by atoms with van der Waals surface area (Å²) in [5, 5.41) is 13.6. The summed E-state index contributed by atoms with van der Waals surface area (Å²) in [7, 11) is 0. The maximum Gasteiger partial charge on any atom is 0.358 e. The summed E-state index contributed by atoms with van der Waals surface area (Å²) in [5.41, 5.74) is 0.436. The molecule has 25 heavy (non-hydrogen) atoms. The average molecular weight is 344 g/mol. The second-order valence-corrected chi connectivity index (χ2v) is 6.72. The first-order chi connectivity index (χ1) is 12.1. The van der Waals surface area contributed by atoms with Gasteiger partial charge in [0.2, 0.25) is 0 Å². The number of nitrogens with zero attached hydrogens (tertiary/aromatic N) is 4.